The predicted molar refractivity (Wildman–Crippen MR) is 426 cm³/mol. The summed E-state index contributed by atoms with van der Waals surface area (Å²) in [6.45, 7) is 7.59. The van der Waals surface area contributed by atoms with E-state index in [-0.39, 0.29) is 145 Å². The molecule has 12 aliphatic heterocycles. The first-order valence-electron chi connectivity index (χ1n) is 39.9. The first-order chi connectivity index (χ1) is 56.5. The molecule has 2 N–H and O–H groups in total. The van der Waals surface area contributed by atoms with Gasteiger partial charge in [-0.3, -0.25) is 19.2 Å². The van der Waals surface area contributed by atoms with Crippen LogP contribution in [0.5, 0.6) is 0 Å². The number of hydrogen-bond acceptors (Lipinski definition) is 16. The summed E-state index contributed by atoms with van der Waals surface area (Å²) in [4.78, 5) is 71.8. The molecule has 12 bridgehead atoms. The van der Waals surface area contributed by atoms with Crippen LogP contribution in [0, 0.1) is 23.7 Å². The topological polar surface area (TPSA) is 235 Å². The molecular formula is C98H88O18. The average molecular weight is 1550 g/mol. The summed E-state index contributed by atoms with van der Waals surface area (Å²) in [5, 5.41) is 18.0. The van der Waals surface area contributed by atoms with Crippen molar-refractivity contribution in [2.45, 2.75) is 151 Å². The van der Waals surface area contributed by atoms with Crippen molar-refractivity contribution in [1.29, 1.82) is 0 Å². The Morgan fingerprint density at radius 2 is 0.500 bits per heavy atom. The number of fused-ring (bicyclic) bond motifs is 30. The Labute approximate surface area is 672 Å². The van der Waals surface area contributed by atoms with Gasteiger partial charge in [0, 0.05) is 0 Å². The lowest BCUT2D eigenvalue weighted by atomic mass is 9.84. The van der Waals surface area contributed by atoms with Crippen LogP contribution in [-0.2, 0) is 76.1 Å². The highest BCUT2D eigenvalue weighted by Gasteiger charge is 2.53. The number of carboxylic acids is 2. The smallest absolute Gasteiger partial charge is 0.337 e. The maximum absolute atomic E-state index is 12.5. The van der Waals surface area contributed by atoms with Crippen LogP contribution in [0.25, 0.3) is 0 Å². The van der Waals surface area contributed by atoms with Crippen molar-refractivity contribution < 1.29 is 86.3 Å². The molecule has 4 unspecified atom stereocenters. The molecule has 22 rings (SSSR count). The summed E-state index contributed by atoms with van der Waals surface area (Å²) in [5.74, 6) is -3.46. The van der Waals surface area contributed by atoms with Crippen LogP contribution in [0.1, 0.15) is 240 Å². The first kappa shape index (κ1) is 76.9. The van der Waals surface area contributed by atoms with Gasteiger partial charge in [0.25, 0.3) is 0 Å². The van der Waals surface area contributed by atoms with Crippen LogP contribution < -0.4 is 0 Å². The highest BCUT2D eigenvalue weighted by atomic mass is 16.6. The van der Waals surface area contributed by atoms with Crippen molar-refractivity contribution in [3.8, 4) is 0 Å². The second-order valence-electron chi connectivity index (χ2n) is 31.0. The molecule has 18 nitrogen and oxygen atoms in total. The Balaban J connectivity index is 0.000000101. The molecule has 0 saturated carbocycles. The maximum Gasteiger partial charge on any atom is 0.337 e. The molecule has 18 heteroatoms. The van der Waals surface area contributed by atoms with Gasteiger partial charge in [-0.15, -0.1) is 0 Å². The highest BCUT2D eigenvalue weighted by Crippen LogP contribution is 2.59. The molecule has 10 aromatic rings. The fourth-order valence-corrected chi connectivity index (χ4v) is 18.2. The van der Waals surface area contributed by atoms with Crippen LogP contribution >= 0.6 is 0 Å². The highest BCUT2D eigenvalue weighted by molar-refractivity contribution is 5.92. The average Bonchev–Trinajstić information content (AvgIpc) is 1.63. The molecule has 0 aliphatic carbocycles. The van der Waals surface area contributed by atoms with E-state index in [2.05, 4.69) is 24.3 Å². The largest absolute Gasteiger partial charge is 0.481 e. The summed E-state index contributed by atoms with van der Waals surface area (Å²) in [5.41, 5.74) is 18.9. The van der Waals surface area contributed by atoms with Crippen LogP contribution in [0.4, 0.5) is 0 Å². The normalized spacial score (nSPS) is 26.7. The SMILES string of the molecule is C[C@@H](OC(=O)C1=C[C@@H]2O[C@H]1c1ccccc12)c1ccccc1.C[C@@H](OC(=O)C1=C[C@H]2O[C@@H]1c1ccccc12)c1ccccc1.C[C@@H](OC(=O)C1C[C@@H]2O[C@H]1c1ccccc12)c1ccccc1.C[C@@H](OC(=O)C1C[C@H]2O[C@@H]1c1ccccc12)c1ccccc1.O=C(O)C1C[C@@H]2O[C@H]1c1ccccc12.O=C(O)C1C[C@H]2O[C@@H]1c1ccccc12. The molecule has 0 aromatic heterocycles. The van der Waals surface area contributed by atoms with E-state index in [1.165, 1.54) is 22.3 Å². The van der Waals surface area contributed by atoms with Crippen molar-refractivity contribution in [3.05, 3.63) is 379 Å². The minimum atomic E-state index is -0.744. The molecule has 0 radical (unpaired) electrons. The Hall–Kier alpha value is -11.7. The van der Waals surface area contributed by atoms with E-state index < -0.39 is 11.9 Å². The Morgan fingerprint density at radius 1 is 0.276 bits per heavy atom. The fourth-order valence-electron chi connectivity index (χ4n) is 18.2. The minimum absolute atomic E-state index is 0.0114. The van der Waals surface area contributed by atoms with Gasteiger partial charge in [0.15, 0.2) is 0 Å². The lowest BCUT2D eigenvalue weighted by Crippen LogP contribution is -2.24. The fraction of sp³-hybridized carbons (Fsp3) is 0.286. The molecular weight excluding hydrogens is 1470 g/mol. The molecule has 12 heterocycles. The van der Waals surface area contributed by atoms with Crippen LogP contribution in [-0.4, -0.2) is 46.0 Å². The number of carboxylic acid groups (broad SMARTS) is 2. The lowest BCUT2D eigenvalue weighted by molar-refractivity contribution is -0.156. The summed E-state index contributed by atoms with van der Waals surface area (Å²) in [6.07, 6.45) is 4.05. The Kier molecular flexibility index (Phi) is 22.0. The Bertz CT molecular complexity index is 5040. The van der Waals surface area contributed by atoms with Crippen LogP contribution in [0.3, 0.4) is 0 Å². The lowest BCUT2D eigenvalue weighted by Gasteiger charge is -2.22. The van der Waals surface area contributed by atoms with E-state index in [1.807, 2.05) is 283 Å². The zero-order valence-electron chi connectivity index (χ0n) is 64.4. The van der Waals surface area contributed by atoms with Crippen molar-refractivity contribution in [2.24, 2.45) is 23.7 Å². The van der Waals surface area contributed by atoms with Gasteiger partial charge in [0.05, 0.1) is 83.6 Å². The summed E-state index contributed by atoms with van der Waals surface area (Å²) in [7, 11) is 0. The summed E-state index contributed by atoms with van der Waals surface area (Å²) < 4.78 is 57.5. The second-order valence-corrected chi connectivity index (χ2v) is 31.0. The Morgan fingerprint density at radius 3 is 0.776 bits per heavy atom. The monoisotopic (exact) mass is 1550 g/mol. The van der Waals surface area contributed by atoms with Gasteiger partial charge in [-0.1, -0.05) is 267 Å². The molecule has 0 spiro atoms. The van der Waals surface area contributed by atoms with E-state index in [0.717, 1.165) is 79.6 Å². The molecule has 4 saturated heterocycles. The zero-order chi connectivity index (χ0) is 79.8. The number of hydrogen-bond donors (Lipinski definition) is 2. The van der Waals surface area contributed by atoms with Gasteiger partial charge in [0.1, 0.15) is 48.8 Å². The molecule has 116 heavy (non-hydrogen) atoms. The van der Waals surface area contributed by atoms with E-state index in [4.69, 9.17) is 57.6 Å². The van der Waals surface area contributed by atoms with Gasteiger partial charge < -0.3 is 57.6 Å². The van der Waals surface area contributed by atoms with Gasteiger partial charge in [0.2, 0.25) is 0 Å². The number of aliphatic carboxylic acids is 2. The predicted octanol–water partition coefficient (Wildman–Crippen LogP) is 20.1. The van der Waals surface area contributed by atoms with Crippen molar-refractivity contribution in [1.82, 2.24) is 0 Å². The number of rotatable bonds is 14. The molecule has 12 aliphatic rings. The number of carbonyl (C=O) groups excluding carboxylic acids is 4. The van der Waals surface area contributed by atoms with Gasteiger partial charge >= 0.3 is 35.8 Å². The van der Waals surface area contributed by atoms with Crippen molar-refractivity contribution >= 4 is 35.8 Å². The maximum atomic E-state index is 12.5. The van der Waals surface area contributed by atoms with Crippen LogP contribution in [0.15, 0.2) is 290 Å². The van der Waals surface area contributed by atoms with Crippen molar-refractivity contribution in [2.75, 3.05) is 0 Å². The third-order valence-electron chi connectivity index (χ3n) is 24.1. The molecule has 10 aromatic carbocycles. The summed E-state index contributed by atoms with van der Waals surface area (Å²) in [6, 6.07) is 87.3. The molecule has 4 fully saturated rings. The zero-order valence-corrected chi connectivity index (χ0v) is 64.4. The molecule has 0 amide bonds. The van der Waals surface area contributed by atoms with Gasteiger partial charge in [-0.25, -0.2) is 9.59 Å². The number of esters is 4. The number of carbonyl (C=O) groups is 6. The quantitative estimate of drug-likeness (QED) is 0.0760. The van der Waals surface area contributed by atoms with E-state index >= 15 is 0 Å². The third kappa shape index (κ3) is 15.2. The molecule has 588 valence electrons. The van der Waals surface area contributed by atoms with Gasteiger partial charge in [-0.05, 0) is 155 Å². The van der Waals surface area contributed by atoms with Crippen LogP contribution in [0.2, 0.25) is 0 Å². The molecule has 20 atom stereocenters. The second kappa shape index (κ2) is 33.2. The number of benzene rings is 10. The summed E-state index contributed by atoms with van der Waals surface area (Å²) >= 11 is 0. The van der Waals surface area contributed by atoms with E-state index in [1.54, 1.807) is 0 Å². The minimum Gasteiger partial charge on any atom is -0.481 e. The van der Waals surface area contributed by atoms with E-state index in [0.29, 0.717) is 24.0 Å². The van der Waals surface area contributed by atoms with Gasteiger partial charge in [-0.2, -0.15) is 0 Å². The third-order valence-corrected chi connectivity index (χ3v) is 24.1. The van der Waals surface area contributed by atoms with Crippen molar-refractivity contribution in [3.63, 3.8) is 0 Å². The van der Waals surface area contributed by atoms with E-state index in [9.17, 15) is 28.8 Å². The standard InChI is InChI=1S/2C19H18O3.2C19H16O3.2C11H10O3/c4*1-12(13-7-3-2-4-8-13)21-19(20)16-11-17-14-9-5-6-10-15(14)18(16)22-17;2*12-11(13)8-5-9-6-3-1-2-4-7(6)10(8)14-9/h2*2-10,12,16-18H,11H2,1H3;2*2-12,17-18H,1H3;2*1-4,8-10H,5H2,(H,12,13)/t12-,16?,17+,18+;12-,16?,17-,18-;12-,17+,18+;12-,17-,18-;2*8?,9-,10-/m111110/s1. The number of ether oxygens (including phenoxy) is 10. The first-order valence-corrected chi connectivity index (χ1v) is 39.9.